The van der Waals surface area contributed by atoms with Gasteiger partial charge in [0.25, 0.3) is 0 Å². The normalized spacial score (nSPS) is 28.7. The molecule has 0 bridgehead atoms. The van der Waals surface area contributed by atoms with E-state index in [-0.39, 0.29) is 24.1 Å². The summed E-state index contributed by atoms with van der Waals surface area (Å²) in [5, 5.41) is 0. The first-order valence-corrected chi connectivity index (χ1v) is 7.41. The molecular formula is C16H21NO4. The molecule has 2 aliphatic rings. The predicted octanol–water partition coefficient (Wildman–Crippen LogP) is 1.69. The molecule has 1 aromatic rings. The predicted molar refractivity (Wildman–Crippen MR) is 77.8 cm³/mol. The van der Waals surface area contributed by atoms with Gasteiger partial charge in [0.15, 0.2) is 0 Å². The van der Waals surface area contributed by atoms with Gasteiger partial charge >= 0.3 is 5.97 Å². The van der Waals surface area contributed by atoms with Gasteiger partial charge < -0.3 is 19.9 Å². The second-order valence-corrected chi connectivity index (χ2v) is 5.86. The molecule has 2 saturated heterocycles. The van der Waals surface area contributed by atoms with Crippen molar-refractivity contribution in [1.82, 2.24) is 0 Å². The van der Waals surface area contributed by atoms with Crippen molar-refractivity contribution in [2.45, 2.75) is 37.4 Å². The van der Waals surface area contributed by atoms with Gasteiger partial charge in [-0.05, 0) is 17.7 Å². The highest BCUT2D eigenvalue weighted by atomic mass is 16.6. The van der Waals surface area contributed by atoms with E-state index >= 15 is 0 Å². The van der Waals surface area contributed by atoms with E-state index in [1.54, 1.807) is 12.1 Å². The Kier molecular flexibility index (Phi) is 4.12. The number of ether oxygens (including phenoxy) is 3. The standard InChI is InChI=1S/C16H21NO4/c17-13-3-1-12(2-4-13)9-15(18)21-14-5-7-20-16(10-14)6-8-19-11-16/h1-4,14H,5-11,17H2. The zero-order valence-corrected chi connectivity index (χ0v) is 12.0. The first-order valence-electron chi connectivity index (χ1n) is 7.41. The Morgan fingerprint density at radius 3 is 2.86 bits per heavy atom. The zero-order valence-electron chi connectivity index (χ0n) is 12.0. The molecule has 1 spiro atoms. The average molecular weight is 291 g/mol. The Hall–Kier alpha value is -1.59. The number of hydrogen-bond acceptors (Lipinski definition) is 5. The van der Waals surface area contributed by atoms with Crippen LogP contribution < -0.4 is 5.73 Å². The van der Waals surface area contributed by atoms with E-state index in [9.17, 15) is 4.79 Å². The molecule has 0 saturated carbocycles. The number of benzene rings is 1. The average Bonchev–Trinajstić information content (AvgIpc) is 2.89. The van der Waals surface area contributed by atoms with Crippen molar-refractivity contribution in [3.05, 3.63) is 29.8 Å². The van der Waals surface area contributed by atoms with Gasteiger partial charge in [-0.1, -0.05) is 12.1 Å². The maximum atomic E-state index is 12.0. The van der Waals surface area contributed by atoms with Gasteiger partial charge in [-0.2, -0.15) is 0 Å². The maximum Gasteiger partial charge on any atom is 0.310 e. The van der Waals surface area contributed by atoms with Crippen LogP contribution in [0.4, 0.5) is 5.69 Å². The summed E-state index contributed by atoms with van der Waals surface area (Å²) in [4.78, 5) is 12.0. The fraction of sp³-hybridized carbons (Fsp3) is 0.562. The summed E-state index contributed by atoms with van der Waals surface area (Å²) in [5.74, 6) is -0.194. The highest BCUT2D eigenvalue weighted by Crippen LogP contribution is 2.34. The van der Waals surface area contributed by atoms with E-state index in [2.05, 4.69) is 0 Å². The maximum absolute atomic E-state index is 12.0. The van der Waals surface area contributed by atoms with Crippen LogP contribution >= 0.6 is 0 Å². The van der Waals surface area contributed by atoms with Gasteiger partial charge in [0.1, 0.15) is 6.10 Å². The van der Waals surface area contributed by atoms with Gasteiger partial charge in [-0.15, -0.1) is 0 Å². The smallest absolute Gasteiger partial charge is 0.310 e. The van der Waals surface area contributed by atoms with Gasteiger partial charge in [0.05, 0.1) is 25.2 Å². The minimum Gasteiger partial charge on any atom is -0.462 e. The Bertz CT molecular complexity index is 494. The third kappa shape index (κ3) is 3.54. The number of nitrogens with two attached hydrogens (primary N) is 1. The minimum absolute atomic E-state index is 0.0678. The fourth-order valence-corrected chi connectivity index (χ4v) is 2.98. The van der Waals surface area contributed by atoms with Crippen LogP contribution in [0.15, 0.2) is 24.3 Å². The van der Waals surface area contributed by atoms with Crippen molar-refractivity contribution >= 4 is 11.7 Å². The molecule has 2 aliphatic heterocycles. The highest BCUT2D eigenvalue weighted by molar-refractivity contribution is 5.73. The fourth-order valence-electron chi connectivity index (χ4n) is 2.98. The van der Waals surface area contributed by atoms with Crippen LogP contribution in [-0.4, -0.2) is 37.5 Å². The molecule has 5 heteroatoms. The largest absolute Gasteiger partial charge is 0.462 e. The molecule has 114 valence electrons. The quantitative estimate of drug-likeness (QED) is 0.678. The molecule has 2 atom stereocenters. The summed E-state index contributed by atoms with van der Waals surface area (Å²) < 4.78 is 16.9. The van der Waals surface area contributed by atoms with Gasteiger partial charge in [-0.3, -0.25) is 4.79 Å². The van der Waals surface area contributed by atoms with Crippen molar-refractivity contribution < 1.29 is 19.0 Å². The number of hydrogen-bond donors (Lipinski definition) is 1. The van der Waals surface area contributed by atoms with Crippen LogP contribution in [0.5, 0.6) is 0 Å². The first-order chi connectivity index (χ1) is 10.2. The Labute approximate surface area is 124 Å². The molecule has 0 aliphatic carbocycles. The summed E-state index contributed by atoms with van der Waals surface area (Å²) in [6, 6.07) is 7.30. The molecule has 1 aromatic carbocycles. The summed E-state index contributed by atoms with van der Waals surface area (Å²) in [6.07, 6.45) is 2.59. The van der Waals surface area contributed by atoms with Crippen LogP contribution in [0.2, 0.25) is 0 Å². The lowest BCUT2D eigenvalue weighted by Gasteiger charge is -2.36. The topological polar surface area (TPSA) is 70.8 Å². The number of esters is 1. The third-order valence-corrected chi connectivity index (χ3v) is 4.14. The number of nitrogen functional groups attached to an aromatic ring is 1. The van der Waals surface area contributed by atoms with Crippen molar-refractivity contribution in [3.63, 3.8) is 0 Å². The highest BCUT2D eigenvalue weighted by Gasteiger charge is 2.42. The molecular weight excluding hydrogens is 270 g/mol. The molecule has 0 aromatic heterocycles. The molecule has 2 fully saturated rings. The second-order valence-electron chi connectivity index (χ2n) is 5.86. The van der Waals surface area contributed by atoms with Crippen molar-refractivity contribution in [2.24, 2.45) is 0 Å². The van der Waals surface area contributed by atoms with Gasteiger partial charge in [-0.25, -0.2) is 0 Å². The van der Waals surface area contributed by atoms with E-state index < -0.39 is 0 Å². The molecule has 2 N–H and O–H groups in total. The summed E-state index contributed by atoms with van der Waals surface area (Å²) in [5.41, 5.74) is 7.01. The van der Waals surface area contributed by atoms with Crippen molar-refractivity contribution in [2.75, 3.05) is 25.6 Å². The van der Waals surface area contributed by atoms with Crippen LogP contribution in [-0.2, 0) is 25.4 Å². The van der Waals surface area contributed by atoms with E-state index in [1.807, 2.05) is 12.1 Å². The lowest BCUT2D eigenvalue weighted by atomic mass is 9.91. The summed E-state index contributed by atoms with van der Waals surface area (Å²) in [6.45, 7) is 1.97. The molecule has 2 heterocycles. The number of carbonyl (C=O) groups excluding carboxylic acids is 1. The molecule has 0 radical (unpaired) electrons. The van der Waals surface area contributed by atoms with Crippen molar-refractivity contribution in [3.8, 4) is 0 Å². The summed E-state index contributed by atoms with van der Waals surface area (Å²) in [7, 11) is 0. The van der Waals surface area contributed by atoms with E-state index in [0.29, 0.717) is 18.9 Å². The SMILES string of the molecule is Nc1ccc(CC(=O)OC2CCOC3(CCOC3)C2)cc1. The molecule has 5 nitrogen and oxygen atoms in total. The number of rotatable bonds is 3. The Balaban J connectivity index is 1.53. The lowest BCUT2D eigenvalue weighted by molar-refractivity contribution is -0.165. The monoisotopic (exact) mass is 291 g/mol. The summed E-state index contributed by atoms with van der Waals surface area (Å²) >= 11 is 0. The third-order valence-electron chi connectivity index (χ3n) is 4.14. The van der Waals surface area contributed by atoms with Crippen LogP contribution in [0.1, 0.15) is 24.8 Å². The van der Waals surface area contributed by atoms with Crippen molar-refractivity contribution in [1.29, 1.82) is 0 Å². The molecule has 3 rings (SSSR count). The lowest BCUT2D eigenvalue weighted by Crippen LogP contribution is -2.43. The zero-order chi connectivity index (χ0) is 14.7. The first kappa shape index (κ1) is 14.4. The number of anilines is 1. The van der Waals surface area contributed by atoms with E-state index in [1.165, 1.54) is 0 Å². The molecule has 21 heavy (non-hydrogen) atoms. The van der Waals surface area contributed by atoms with Gasteiger partial charge in [0.2, 0.25) is 0 Å². The van der Waals surface area contributed by atoms with E-state index in [4.69, 9.17) is 19.9 Å². The molecule has 0 amide bonds. The molecule has 2 unspecified atom stereocenters. The minimum atomic E-state index is -0.232. The Morgan fingerprint density at radius 1 is 1.33 bits per heavy atom. The van der Waals surface area contributed by atoms with E-state index in [0.717, 1.165) is 31.4 Å². The number of carbonyl (C=O) groups is 1. The Morgan fingerprint density at radius 2 is 2.14 bits per heavy atom. The van der Waals surface area contributed by atoms with Gasteiger partial charge in [0, 0.05) is 31.6 Å². The van der Waals surface area contributed by atoms with Crippen LogP contribution in [0, 0.1) is 0 Å². The second kappa shape index (κ2) is 6.03. The van der Waals surface area contributed by atoms with Crippen LogP contribution in [0.3, 0.4) is 0 Å². The van der Waals surface area contributed by atoms with Crippen LogP contribution in [0.25, 0.3) is 0 Å².